The zero-order chi connectivity index (χ0) is 33.3. The Labute approximate surface area is 235 Å². The average molecular weight is 679 g/mol. The first-order valence-corrected chi connectivity index (χ1v) is 13.2. The van der Waals surface area contributed by atoms with Crippen molar-refractivity contribution >= 4 is 10.1 Å². The minimum Gasteiger partial charge on any atom is -0.743 e. The summed E-state index contributed by atoms with van der Waals surface area (Å²) >= 11 is 0. The van der Waals surface area contributed by atoms with Crippen LogP contribution in [-0.4, -0.2) is 153 Å². The lowest BCUT2D eigenvalue weighted by Crippen LogP contribution is -2.64. The lowest BCUT2D eigenvalue weighted by Gasteiger charge is -2.45. The van der Waals surface area contributed by atoms with Gasteiger partial charge in [0.2, 0.25) is 0 Å². The molecular weight excluding hydrogens is 652 g/mol. The summed E-state index contributed by atoms with van der Waals surface area (Å²) in [6.07, 6.45) is -35.6. The standard InChI is InChI=1S/C19H28F8O15S/c20-16(21,17(22,23)42-18(24,25)19(26,27)43(35,36)37)2-1-3-38-14-12(34)10(32)13(7(5-29)40-14)41-15-11(33)9(31)8(30)6(4-28)39-15/h6-15,28-34H,1-5H2,(H,35,36,37)/p-1/t6?,7?,8-,9+,10-,11?,12?,13-,14-,15+/m1/s1. The number of aliphatic hydroxyl groups excluding tert-OH is 7. The molecule has 256 valence electrons. The molecule has 0 aliphatic carbocycles. The van der Waals surface area contributed by atoms with Crippen LogP contribution in [-0.2, 0) is 33.8 Å². The molecule has 15 nitrogen and oxygen atoms in total. The van der Waals surface area contributed by atoms with Crippen LogP contribution in [0, 0.1) is 0 Å². The van der Waals surface area contributed by atoms with Gasteiger partial charge in [-0.15, -0.1) is 0 Å². The average Bonchev–Trinajstić information content (AvgIpc) is 2.88. The van der Waals surface area contributed by atoms with E-state index >= 15 is 0 Å². The third-order valence-corrected chi connectivity index (χ3v) is 7.08. The molecule has 0 aromatic heterocycles. The van der Waals surface area contributed by atoms with Crippen molar-refractivity contribution in [2.24, 2.45) is 0 Å². The fourth-order valence-electron chi connectivity index (χ4n) is 3.77. The molecule has 10 atom stereocenters. The summed E-state index contributed by atoms with van der Waals surface area (Å²) in [4.78, 5) is 0. The minimum absolute atomic E-state index is 0.870. The highest BCUT2D eigenvalue weighted by molar-refractivity contribution is 7.86. The van der Waals surface area contributed by atoms with E-state index in [0.29, 0.717) is 0 Å². The molecule has 2 aliphatic rings. The van der Waals surface area contributed by atoms with E-state index < -0.39 is 128 Å². The number of halogens is 8. The first-order valence-electron chi connectivity index (χ1n) is 11.8. The molecule has 2 heterocycles. The van der Waals surface area contributed by atoms with Gasteiger partial charge in [0.1, 0.15) is 48.8 Å². The van der Waals surface area contributed by atoms with Crippen molar-refractivity contribution in [1.29, 1.82) is 0 Å². The van der Waals surface area contributed by atoms with E-state index in [9.17, 15) is 83.8 Å². The Kier molecular flexibility index (Phi) is 12.1. The summed E-state index contributed by atoms with van der Waals surface area (Å²) < 4.78 is 161. The predicted octanol–water partition coefficient (Wildman–Crippen LogP) is -2.62. The molecule has 7 N–H and O–H groups in total. The van der Waals surface area contributed by atoms with Gasteiger partial charge in [-0.3, -0.25) is 0 Å². The number of hydrogen-bond acceptors (Lipinski definition) is 15. The Morgan fingerprint density at radius 2 is 1.23 bits per heavy atom. The van der Waals surface area contributed by atoms with Crippen LogP contribution in [0.25, 0.3) is 0 Å². The first-order chi connectivity index (χ1) is 19.5. The number of rotatable bonds is 14. The first kappa shape index (κ1) is 38.1. The molecule has 2 rings (SSSR count). The van der Waals surface area contributed by atoms with Gasteiger partial charge in [0.05, 0.1) is 19.8 Å². The Morgan fingerprint density at radius 1 is 0.721 bits per heavy atom. The van der Waals surface area contributed by atoms with E-state index in [0.717, 1.165) is 0 Å². The van der Waals surface area contributed by atoms with Gasteiger partial charge in [-0.2, -0.15) is 35.1 Å². The third-order valence-electron chi connectivity index (χ3n) is 6.21. The topological polar surface area (TPSA) is 245 Å². The third kappa shape index (κ3) is 8.00. The summed E-state index contributed by atoms with van der Waals surface area (Å²) in [6.45, 7) is -3.01. The van der Waals surface area contributed by atoms with E-state index in [1.54, 1.807) is 0 Å². The maximum Gasteiger partial charge on any atom is 0.438 e. The molecule has 0 aromatic carbocycles. The molecule has 0 spiro atoms. The predicted molar refractivity (Wildman–Crippen MR) is 112 cm³/mol. The summed E-state index contributed by atoms with van der Waals surface area (Å²) in [7, 11) is -7.34. The molecule has 4 unspecified atom stereocenters. The van der Waals surface area contributed by atoms with E-state index in [2.05, 4.69) is 4.74 Å². The second-order valence-corrected chi connectivity index (χ2v) is 10.7. The number of alkyl halides is 8. The Bertz CT molecular complexity index is 1020. The van der Waals surface area contributed by atoms with Crippen molar-refractivity contribution in [2.45, 2.75) is 97.6 Å². The maximum atomic E-state index is 13.9. The van der Waals surface area contributed by atoms with Crippen LogP contribution in [0.2, 0.25) is 0 Å². The zero-order valence-corrected chi connectivity index (χ0v) is 22.0. The Hall–Kier alpha value is -1.13. The van der Waals surface area contributed by atoms with Crippen LogP contribution in [0.4, 0.5) is 35.1 Å². The Balaban J connectivity index is 2.00. The van der Waals surface area contributed by atoms with Crippen molar-refractivity contribution in [3.05, 3.63) is 0 Å². The number of ether oxygens (including phenoxy) is 5. The highest BCUT2D eigenvalue weighted by Crippen LogP contribution is 2.48. The van der Waals surface area contributed by atoms with Crippen molar-refractivity contribution in [3.8, 4) is 0 Å². The van der Waals surface area contributed by atoms with Gasteiger partial charge in [-0.25, -0.2) is 13.2 Å². The Morgan fingerprint density at radius 3 is 1.74 bits per heavy atom. The molecule has 0 amide bonds. The summed E-state index contributed by atoms with van der Waals surface area (Å²) in [5.74, 6) is -5.70. The smallest absolute Gasteiger partial charge is 0.438 e. The molecule has 0 saturated carbocycles. The van der Waals surface area contributed by atoms with Gasteiger partial charge in [-0.1, -0.05) is 0 Å². The van der Waals surface area contributed by atoms with Gasteiger partial charge >= 0.3 is 23.4 Å². The van der Waals surface area contributed by atoms with E-state index in [1.165, 1.54) is 0 Å². The molecular formula is C19H27F8O15S-. The quantitative estimate of drug-likeness (QED) is 0.0565. The highest BCUT2D eigenvalue weighted by Gasteiger charge is 2.71. The molecule has 0 aromatic rings. The molecule has 2 aliphatic heterocycles. The molecule has 0 bridgehead atoms. The van der Waals surface area contributed by atoms with Crippen LogP contribution in [0.1, 0.15) is 12.8 Å². The normalized spacial score (nSPS) is 35.3. The highest BCUT2D eigenvalue weighted by atomic mass is 32.2. The fourth-order valence-corrected chi connectivity index (χ4v) is 4.11. The summed E-state index contributed by atoms with van der Waals surface area (Å²) in [5.41, 5.74) is 0. The van der Waals surface area contributed by atoms with E-state index in [-0.39, 0.29) is 0 Å². The van der Waals surface area contributed by atoms with Crippen molar-refractivity contribution < 1.29 is 108 Å². The molecule has 2 fully saturated rings. The maximum absolute atomic E-state index is 13.9. The summed E-state index contributed by atoms with van der Waals surface area (Å²) in [5, 5.41) is 62.3. The molecule has 43 heavy (non-hydrogen) atoms. The van der Waals surface area contributed by atoms with Crippen molar-refractivity contribution in [3.63, 3.8) is 0 Å². The van der Waals surface area contributed by atoms with Gasteiger partial charge < -0.3 is 59.2 Å². The molecule has 0 radical (unpaired) electrons. The molecule has 2 saturated heterocycles. The van der Waals surface area contributed by atoms with Gasteiger partial charge in [0.25, 0.3) is 0 Å². The van der Waals surface area contributed by atoms with Gasteiger partial charge in [0.15, 0.2) is 22.7 Å². The second kappa shape index (κ2) is 13.7. The van der Waals surface area contributed by atoms with E-state index in [4.69, 9.17) is 18.9 Å². The number of hydrogen-bond donors (Lipinski definition) is 7. The van der Waals surface area contributed by atoms with Crippen LogP contribution in [0.5, 0.6) is 0 Å². The lowest BCUT2D eigenvalue weighted by molar-refractivity contribution is -0.456. The van der Waals surface area contributed by atoms with Gasteiger partial charge in [0, 0.05) is 6.42 Å². The van der Waals surface area contributed by atoms with Crippen molar-refractivity contribution in [2.75, 3.05) is 19.8 Å². The largest absolute Gasteiger partial charge is 0.743 e. The summed E-state index contributed by atoms with van der Waals surface area (Å²) in [6, 6.07) is 0. The fraction of sp³-hybridized carbons (Fsp3) is 1.00. The van der Waals surface area contributed by atoms with Crippen LogP contribution < -0.4 is 0 Å². The monoisotopic (exact) mass is 679 g/mol. The zero-order valence-electron chi connectivity index (χ0n) is 21.1. The van der Waals surface area contributed by atoms with Crippen LogP contribution in [0.3, 0.4) is 0 Å². The van der Waals surface area contributed by atoms with Crippen LogP contribution >= 0.6 is 0 Å². The van der Waals surface area contributed by atoms with Crippen molar-refractivity contribution in [1.82, 2.24) is 0 Å². The molecule has 24 heteroatoms. The number of aliphatic hydroxyl groups is 7. The van der Waals surface area contributed by atoms with Gasteiger partial charge in [-0.05, 0) is 6.42 Å². The van der Waals surface area contributed by atoms with Crippen LogP contribution in [0.15, 0.2) is 0 Å². The second-order valence-electron chi connectivity index (χ2n) is 9.29. The minimum atomic E-state index is -7.34. The van der Waals surface area contributed by atoms with E-state index in [1.807, 2.05) is 0 Å². The SMILES string of the molecule is O=S(=O)([O-])C(F)(F)C(F)(F)OC(F)(F)C(F)(F)CCCO[C@@H]1OC(CO)[C@@H](O[C@@H]2OC(CO)[C@@H](O)[C@H](O)C2O)[C@H](O)C1O. The lowest BCUT2D eigenvalue weighted by atomic mass is 9.97.